The van der Waals surface area contributed by atoms with Gasteiger partial charge in [-0.05, 0) is 67.8 Å². The molecule has 0 atom stereocenters. The number of rotatable bonds is 3. The number of nitrogens with one attached hydrogen (secondary N) is 1. The molecule has 0 aliphatic carbocycles. The van der Waals surface area contributed by atoms with Crippen LogP contribution in [0, 0.1) is 0 Å². The maximum atomic E-state index is 12.9. The highest BCUT2D eigenvalue weighted by atomic mass is 35.5. The third kappa shape index (κ3) is 4.01. The molecule has 4 rings (SSSR count). The number of nitrogens with zero attached hydrogens (tertiary/aromatic N) is 2. The molecule has 3 amide bonds. The van der Waals surface area contributed by atoms with Crippen molar-refractivity contribution in [2.75, 3.05) is 11.9 Å². The van der Waals surface area contributed by atoms with Gasteiger partial charge in [0.1, 0.15) is 5.70 Å². The summed E-state index contributed by atoms with van der Waals surface area (Å²) in [5, 5.41) is 3.92. The minimum Gasteiger partial charge on any atom is -0.365 e. The largest absolute Gasteiger partial charge is 0.365 e. The van der Waals surface area contributed by atoms with Crippen LogP contribution in [0.5, 0.6) is 0 Å². The Morgan fingerprint density at radius 1 is 1.03 bits per heavy atom. The molecule has 0 spiro atoms. The van der Waals surface area contributed by atoms with Crippen molar-refractivity contribution in [3.63, 3.8) is 0 Å². The third-order valence-electron chi connectivity index (χ3n) is 5.92. The summed E-state index contributed by atoms with van der Waals surface area (Å²) in [6.07, 6.45) is 3.81. The number of likely N-dealkylation sites (N-methyl/N-ethyl adjacent to an activating group) is 1. The molecule has 0 aromatic heterocycles. The summed E-state index contributed by atoms with van der Waals surface area (Å²) in [6, 6.07) is 8.34. The molecule has 0 radical (unpaired) electrons. The first-order valence-electron chi connectivity index (χ1n) is 10.0. The minimum atomic E-state index is -0.501. The van der Waals surface area contributed by atoms with Crippen LogP contribution in [0.25, 0.3) is 11.6 Å². The summed E-state index contributed by atoms with van der Waals surface area (Å²) in [5.74, 6) is -0.430. The summed E-state index contributed by atoms with van der Waals surface area (Å²) >= 11 is 18.6. The highest BCUT2D eigenvalue weighted by Gasteiger charge is 2.34. The van der Waals surface area contributed by atoms with Crippen molar-refractivity contribution in [2.24, 2.45) is 0 Å². The lowest BCUT2D eigenvalue weighted by Gasteiger charge is -2.40. The molecule has 2 heterocycles. The van der Waals surface area contributed by atoms with E-state index >= 15 is 0 Å². The van der Waals surface area contributed by atoms with E-state index in [9.17, 15) is 9.59 Å². The highest BCUT2D eigenvalue weighted by Crippen LogP contribution is 2.41. The number of urea groups is 1. The van der Waals surface area contributed by atoms with Crippen LogP contribution in [0.1, 0.15) is 37.5 Å². The number of allylic oxidation sites excluding steroid dienone is 1. The van der Waals surface area contributed by atoms with Gasteiger partial charge in [-0.25, -0.2) is 4.79 Å². The van der Waals surface area contributed by atoms with Gasteiger partial charge in [-0.1, -0.05) is 46.9 Å². The zero-order chi connectivity index (χ0) is 23.4. The van der Waals surface area contributed by atoms with E-state index < -0.39 is 11.9 Å². The van der Waals surface area contributed by atoms with E-state index in [2.05, 4.69) is 37.1 Å². The molecule has 0 bridgehead atoms. The average molecular weight is 491 g/mol. The van der Waals surface area contributed by atoms with Crippen LogP contribution in [0.4, 0.5) is 10.5 Å². The van der Waals surface area contributed by atoms with E-state index in [-0.39, 0.29) is 17.8 Å². The van der Waals surface area contributed by atoms with Gasteiger partial charge in [0, 0.05) is 23.3 Å². The summed E-state index contributed by atoms with van der Waals surface area (Å²) in [4.78, 5) is 28.7. The van der Waals surface area contributed by atoms with E-state index in [1.54, 1.807) is 24.3 Å². The summed E-state index contributed by atoms with van der Waals surface area (Å²) < 4.78 is 0. The monoisotopic (exact) mass is 489 g/mol. The predicted molar refractivity (Wildman–Crippen MR) is 131 cm³/mol. The second-order valence-corrected chi connectivity index (χ2v) is 9.78. The Kier molecular flexibility index (Phi) is 5.78. The topological polar surface area (TPSA) is 52.7 Å². The number of halogens is 3. The lowest BCUT2D eigenvalue weighted by atomic mass is 9.88. The molecule has 5 nitrogen and oxygen atoms in total. The van der Waals surface area contributed by atoms with Gasteiger partial charge in [-0.3, -0.25) is 9.69 Å². The number of carbonyl (C=O) groups excluding carboxylic acids is 2. The smallest absolute Gasteiger partial charge is 0.329 e. The number of carbonyl (C=O) groups is 2. The standard InChI is InChI=1S/C24H22Cl3N3O2/c1-13-11-24(2,3)29(4)21-10-18(26)15(8-16(13)21)9-20-22(31)30(23(32)28-20)12-14-5-6-17(25)19(27)7-14/h5-11H,12H2,1-4H3,(H,28,32)/b20-9+. The molecule has 1 saturated heterocycles. The van der Waals surface area contributed by atoms with E-state index in [0.717, 1.165) is 21.7 Å². The van der Waals surface area contributed by atoms with Gasteiger partial charge in [0.15, 0.2) is 0 Å². The summed E-state index contributed by atoms with van der Waals surface area (Å²) in [7, 11) is 2.03. The van der Waals surface area contributed by atoms with Crippen LogP contribution < -0.4 is 10.2 Å². The SMILES string of the molecule is CC1=CC(C)(C)N(C)c2cc(Cl)c(/C=C3/NC(=O)N(Cc4ccc(Cl)c(Cl)c4)C3=O)cc21. The van der Waals surface area contributed by atoms with Gasteiger partial charge in [0.05, 0.1) is 22.1 Å². The Morgan fingerprint density at radius 3 is 2.44 bits per heavy atom. The van der Waals surface area contributed by atoms with Gasteiger partial charge < -0.3 is 10.2 Å². The maximum Gasteiger partial charge on any atom is 0.329 e. The number of imide groups is 1. The van der Waals surface area contributed by atoms with Crippen molar-refractivity contribution in [3.05, 3.63) is 73.9 Å². The minimum absolute atomic E-state index is 0.0819. The molecule has 1 fully saturated rings. The van der Waals surface area contributed by atoms with Gasteiger partial charge >= 0.3 is 6.03 Å². The zero-order valence-corrected chi connectivity index (χ0v) is 20.4. The number of hydrogen-bond donors (Lipinski definition) is 1. The highest BCUT2D eigenvalue weighted by molar-refractivity contribution is 6.42. The molecule has 166 valence electrons. The molecule has 0 unspecified atom stereocenters. The van der Waals surface area contributed by atoms with E-state index in [4.69, 9.17) is 34.8 Å². The number of hydrogen-bond acceptors (Lipinski definition) is 3. The number of amides is 3. The Morgan fingerprint density at radius 2 is 1.75 bits per heavy atom. The van der Waals surface area contributed by atoms with Crippen LogP contribution in [0.15, 0.2) is 42.1 Å². The third-order valence-corrected chi connectivity index (χ3v) is 6.99. The van der Waals surface area contributed by atoms with Crippen LogP contribution in [-0.4, -0.2) is 29.4 Å². The zero-order valence-electron chi connectivity index (χ0n) is 18.1. The molecule has 0 saturated carbocycles. The van der Waals surface area contributed by atoms with Crippen molar-refractivity contribution < 1.29 is 9.59 Å². The van der Waals surface area contributed by atoms with E-state index in [1.165, 1.54) is 0 Å². The second kappa shape index (κ2) is 8.14. The van der Waals surface area contributed by atoms with Gasteiger partial charge in [-0.15, -0.1) is 0 Å². The van der Waals surface area contributed by atoms with Crippen LogP contribution in [-0.2, 0) is 11.3 Å². The maximum absolute atomic E-state index is 12.9. The number of benzene rings is 2. The summed E-state index contributed by atoms with van der Waals surface area (Å²) in [6.45, 7) is 6.41. The van der Waals surface area contributed by atoms with E-state index in [1.807, 2.05) is 19.2 Å². The molecule has 2 aromatic carbocycles. The van der Waals surface area contributed by atoms with Crippen LogP contribution >= 0.6 is 34.8 Å². The molecular formula is C24H22Cl3N3O2. The second-order valence-electron chi connectivity index (χ2n) is 8.56. The van der Waals surface area contributed by atoms with Gasteiger partial charge in [0.25, 0.3) is 5.91 Å². The van der Waals surface area contributed by atoms with Crippen LogP contribution in [0.3, 0.4) is 0 Å². The molecule has 2 aliphatic rings. The Bertz CT molecular complexity index is 1220. The fraction of sp³-hybridized carbons (Fsp3) is 0.250. The van der Waals surface area contributed by atoms with E-state index in [0.29, 0.717) is 26.2 Å². The first kappa shape index (κ1) is 22.7. The lowest BCUT2D eigenvalue weighted by molar-refractivity contribution is -0.123. The molecular weight excluding hydrogens is 469 g/mol. The Hall–Kier alpha value is -2.47. The molecule has 32 heavy (non-hydrogen) atoms. The molecule has 2 aliphatic heterocycles. The van der Waals surface area contributed by atoms with Crippen molar-refractivity contribution in [3.8, 4) is 0 Å². The normalized spacial score (nSPS) is 18.7. The first-order valence-corrected chi connectivity index (χ1v) is 11.2. The molecule has 2 aromatic rings. The fourth-order valence-electron chi connectivity index (χ4n) is 3.99. The first-order chi connectivity index (χ1) is 15.0. The Labute approximate surface area is 202 Å². The number of anilines is 1. The van der Waals surface area contributed by atoms with Crippen molar-refractivity contribution in [2.45, 2.75) is 32.9 Å². The average Bonchev–Trinajstić information content (AvgIpc) is 2.97. The molecule has 8 heteroatoms. The van der Waals surface area contributed by atoms with Crippen molar-refractivity contribution >= 4 is 64.1 Å². The fourth-order valence-corrected chi connectivity index (χ4v) is 4.52. The quantitative estimate of drug-likeness (QED) is 0.402. The predicted octanol–water partition coefficient (Wildman–Crippen LogP) is 6.37. The Balaban J connectivity index is 1.65. The number of fused-ring (bicyclic) bond motifs is 1. The van der Waals surface area contributed by atoms with Crippen molar-refractivity contribution in [1.29, 1.82) is 0 Å². The van der Waals surface area contributed by atoms with Gasteiger partial charge in [0.2, 0.25) is 0 Å². The van der Waals surface area contributed by atoms with Crippen molar-refractivity contribution in [1.82, 2.24) is 10.2 Å². The lowest BCUT2D eigenvalue weighted by Crippen LogP contribution is -2.42. The molecule has 1 N–H and O–H groups in total. The summed E-state index contributed by atoms with van der Waals surface area (Å²) in [5.41, 5.74) is 4.57. The van der Waals surface area contributed by atoms with Crippen LogP contribution in [0.2, 0.25) is 15.1 Å². The van der Waals surface area contributed by atoms with Gasteiger partial charge in [-0.2, -0.15) is 0 Å².